The third kappa shape index (κ3) is 5.69. The zero-order chi connectivity index (χ0) is 27.1. The highest BCUT2D eigenvalue weighted by Crippen LogP contribution is 2.39. The standard InChI is InChI=1S/C27H32F2N2O6/c1-5-36-25(34)20-14-30(15-9-10-15)23-18(22(29)21(28)12-19(23)24(20)33)8-6-7-16-11-17(32)13-31(16)26(35)37-27(2,3)4/h6,8,12,14-17,32H,5,7,9-11,13H2,1-4H3/b8-6-/t16?,17-/m1/s1. The molecule has 200 valence electrons. The number of β-amino-alcohol motifs (C(OH)–C–C–N with tert-alkyl or cyclic N) is 1. The van der Waals surface area contributed by atoms with Gasteiger partial charge in [0, 0.05) is 23.8 Å². The van der Waals surface area contributed by atoms with Gasteiger partial charge in [0.2, 0.25) is 5.43 Å². The molecule has 0 radical (unpaired) electrons. The predicted octanol–water partition coefficient (Wildman–Crippen LogP) is 4.56. The summed E-state index contributed by atoms with van der Waals surface area (Å²) < 4.78 is 41.8. The highest BCUT2D eigenvalue weighted by Gasteiger charge is 2.36. The van der Waals surface area contributed by atoms with Crippen LogP contribution in [0.3, 0.4) is 0 Å². The van der Waals surface area contributed by atoms with Crippen molar-refractivity contribution in [2.24, 2.45) is 0 Å². The van der Waals surface area contributed by atoms with E-state index in [9.17, 15) is 23.9 Å². The Hall–Kier alpha value is -3.27. The van der Waals surface area contributed by atoms with E-state index in [1.165, 1.54) is 17.2 Å². The number of hydrogen-bond acceptors (Lipinski definition) is 6. The summed E-state index contributed by atoms with van der Waals surface area (Å²) in [6, 6.07) is 0.370. The SMILES string of the molecule is CCOC(=O)c1cn(C2CC2)c2c(/C=C\CC3C[C@@H](O)CN3C(=O)OC(C)(C)C)c(F)c(F)cc2c1=O. The molecule has 1 aliphatic carbocycles. The number of aromatic nitrogens is 1. The van der Waals surface area contributed by atoms with Crippen LogP contribution in [-0.4, -0.2) is 57.5 Å². The van der Waals surface area contributed by atoms with Crippen LogP contribution < -0.4 is 5.43 Å². The molecule has 1 aliphatic heterocycles. The summed E-state index contributed by atoms with van der Waals surface area (Å²) in [7, 11) is 0. The van der Waals surface area contributed by atoms with Gasteiger partial charge in [0.25, 0.3) is 0 Å². The van der Waals surface area contributed by atoms with Crippen LogP contribution in [0.4, 0.5) is 13.6 Å². The lowest BCUT2D eigenvalue weighted by Crippen LogP contribution is -2.40. The average Bonchev–Trinajstić information content (AvgIpc) is 3.58. The molecule has 1 saturated carbocycles. The van der Waals surface area contributed by atoms with E-state index in [0.29, 0.717) is 6.42 Å². The Morgan fingerprint density at radius 1 is 1.24 bits per heavy atom. The second-order valence-electron chi connectivity index (χ2n) is 10.5. The van der Waals surface area contributed by atoms with Crippen LogP contribution >= 0.6 is 0 Å². The molecule has 1 aromatic carbocycles. The van der Waals surface area contributed by atoms with E-state index >= 15 is 4.39 Å². The van der Waals surface area contributed by atoms with E-state index in [1.54, 1.807) is 38.3 Å². The summed E-state index contributed by atoms with van der Waals surface area (Å²) in [5.74, 6) is -3.14. The van der Waals surface area contributed by atoms with Crippen molar-refractivity contribution in [3.05, 3.63) is 51.3 Å². The predicted molar refractivity (Wildman–Crippen MR) is 133 cm³/mol. The monoisotopic (exact) mass is 518 g/mol. The highest BCUT2D eigenvalue weighted by atomic mass is 19.2. The summed E-state index contributed by atoms with van der Waals surface area (Å²) in [6.07, 6.45) is 5.18. The Kier molecular flexibility index (Phi) is 7.41. The zero-order valence-electron chi connectivity index (χ0n) is 21.4. The largest absolute Gasteiger partial charge is 0.462 e. The fraction of sp³-hybridized carbons (Fsp3) is 0.519. The molecule has 1 aromatic heterocycles. The third-order valence-corrected chi connectivity index (χ3v) is 6.39. The van der Waals surface area contributed by atoms with Crippen LogP contribution in [0.5, 0.6) is 0 Å². The number of rotatable bonds is 6. The first-order valence-corrected chi connectivity index (χ1v) is 12.5. The number of amides is 1. The van der Waals surface area contributed by atoms with Gasteiger partial charge in [0.05, 0.1) is 30.2 Å². The Labute approximate surface area is 213 Å². The molecular formula is C27H32F2N2O6. The van der Waals surface area contributed by atoms with Gasteiger partial charge in [-0.1, -0.05) is 12.2 Å². The fourth-order valence-corrected chi connectivity index (χ4v) is 4.64. The lowest BCUT2D eigenvalue weighted by molar-refractivity contribution is 0.0210. The second-order valence-corrected chi connectivity index (χ2v) is 10.5. The maximum atomic E-state index is 15.1. The number of likely N-dealkylation sites (tertiary alicyclic amines) is 1. The minimum atomic E-state index is -1.21. The maximum absolute atomic E-state index is 15.1. The van der Waals surface area contributed by atoms with Gasteiger partial charge in [-0.3, -0.25) is 4.79 Å². The number of aliphatic hydroxyl groups excluding tert-OH is 1. The van der Waals surface area contributed by atoms with Gasteiger partial charge in [-0.25, -0.2) is 18.4 Å². The van der Waals surface area contributed by atoms with Crippen LogP contribution in [0.1, 0.15) is 75.3 Å². The lowest BCUT2D eigenvalue weighted by atomic mass is 10.0. The Morgan fingerprint density at radius 2 is 1.95 bits per heavy atom. The molecule has 1 saturated heterocycles. The first-order chi connectivity index (χ1) is 17.4. The van der Waals surface area contributed by atoms with Crippen molar-refractivity contribution < 1.29 is 33.0 Å². The molecule has 2 aliphatic rings. The quantitative estimate of drug-likeness (QED) is 0.563. The third-order valence-electron chi connectivity index (χ3n) is 6.39. The first kappa shape index (κ1) is 26.8. The van der Waals surface area contributed by atoms with Crippen molar-refractivity contribution in [3.63, 3.8) is 0 Å². The number of benzene rings is 1. The van der Waals surface area contributed by atoms with Crippen molar-refractivity contribution in [3.8, 4) is 0 Å². The van der Waals surface area contributed by atoms with Crippen molar-refractivity contribution in [2.75, 3.05) is 13.2 Å². The van der Waals surface area contributed by atoms with Crippen LogP contribution in [-0.2, 0) is 9.47 Å². The topological polar surface area (TPSA) is 98.1 Å². The van der Waals surface area contributed by atoms with E-state index < -0.39 is 46.9 Å². The first-order valence-electron chi connectivity index (χ1n) is 12.5. The number of nitrogens with zero attached hydrogens (tertiary/aromatic N) is 2. The normalized spacial score (nSPS) is 20.1. The van der Waals surface area contributed by atoms with E-state index in [-0.39, 0.29) is 47.6 Å². The number of hydrogen-bond donors (Lipinski definition) is 1. The van der Waals surface area contributed by atoms with Gasteiger partial charge < -0.3 is 24.0 Å². The number of pyridine rings is 1. The van der Waals surface area contributed by atoms with Gasteiger partial charge in [-0.05, 0) is 59.4 Å². The molecule has 1 unspecified atom stereocenters. The van der Waals surface area contributed by atoms with E-state index in [1.807, 2.05) is 0 Å². The van der Waals surface area contributed by atoms with Crippen molar-refractivity contribution in [1.82, 2.24) is 9.47 Å². The molecule has 2 fully saturated rings. The average molecular weight is 519 g/mol. The number of aliphatic hydroxyl groups is 1. The summed E-state index contributed by atoms with van der Waals surface area (Å²) in [4.78, 5) is 39.5. The molecule has 1 amide bonds. The Morgan fingerprint density at radius 3 is 2.57 bits per heavy atom. The minimum absolute atomic E-state index is 0.0547. The van der Waals surface area contributed by atoms with Crippen molar-refractivity contribution in [1.29, 1.82) is 0 Å². The lowest BCUT2D eigenvalue weighted by Gasteiger charge is -2.28. The number of esters is 1. The highest BCUT2D eigenvalue weighted by molar-refractivity contribution is 5.96. The van der Waals surface area contributed by atoms with Crippen LogP contribution in [0.15, 0.2) is 23.1 Å². The molecular weight excluding hydrogens is 486 g/mol. The summed E-state index contributed by atoms with van der Waals surface area (Å²) in [5.41, 5.74) is -1.57. The molecule has 2 aromatic rings. The summed E-state index contributed by atoms with van der Waals surface area (Å²) in [5, 5.41) is 10.0. The molecule has 0 bridgehead atoms. The Bertz CT molecular complexity index is 1310. The van der Waals surface area contributed by atoms with Gasteiger partial charge in [0.1, 0.15) is 11.2 Å². The van der Waals surface area contributed by atoms with E-state index in [2.05, 4.69) is 0 Å². The van der Waals surface area contributed by atoms with E-state index in [0.717, 1.165) is 18.9 Å². The Balaban J connectivity index is 1.71. The number of carbonyl (C=O) groups excluding carboxylic acids is 2. The van der Waals surface area contributed by atoms with Crippen molar-refractivity contribution in [2.45, 2.75) is 77.2 Å². The van der Waals surface area contributed by atoms with E-state index in [4.69, 9.17) is 9.47 Å². The number of halogens is 2. The van der Waals surface area contributed by atoms with Crippen molar-refractivity contribution >= 4 is 29.0 Å². The van der Waals surface area contributed by atoms with Crippen LogP contribution in [0.2, 0.25) is 0 Å². The number of fused-ring (bicyclic) bond motifs is 1. The van der Waals surface area contributed by atoms with Crippen LogP contribution in [0, 0.1) is 11.6 Å². The second kappa shape index (κ2) is 10.2. The van der Waals surface area contributed by atoms with Crippen LogP contribution in [0.25, 0.3) is 17.0 Å². The summed E-state index contributed by atoms with van der Waals surface area (Å²) in [6.45, 7) is 7.04. The number of carbonyl (C=O) groups is 2. The fourth-order valence-electron chi connectivity index (χ4n) is 4.64. The molecule has 2 heterocycles. The minimum Gasteiger partial charge on any atom is -0.462 e. The summed E-state index contributed by atoms with van der Waals surface area (Å²) >= 11 is 0. The van der Waals surface area contributed by atoms with Gasteiger partial charge in [0.15, 0.2) is 11.6 Å². The number of ether oxygens (including phenoxy) is 2. The zero-order valence-corrected chi connectivity index (χ0v) is 21.4. The molecule has 0 spiro atoms. The van der Waals surface area contributed by atoms with Gasteiger partial charge >= 0.3 is 12.1 Å². The molecule has 37 heavy (non-hydrogen) atoms. The molecule has 1 N–H and O–H groups in total. The van der Waals surface area contributed by atoms with Gasteiger partial charge in [-0.15, -0.1) is 0 Å². The smallest absolute Gasteiger partial charge is 0.410 e. The molecule has 2 atom stereocenters. The maximum Gasteiger partial charge on any atom is 0.410 e. The van der Waals surface area contributed by atoms with Gasteiger partial charge in [-0.2, -0.15) is 0 Å². The molecule has 4 rings (SSSR count). The molecule has 8 nitrogen and oxygen atoms in total. The molecule has 10 heteroatoms.